The van der Waals surface area contributed by atoms with Crippen molar-refractivity contribution in [1.29, 1.82) is 0 Å². The number of nitrogens with one attached hydrogen (secondary N) is 1. The second-order valence-corrected chi connectivity index (χ2v) is 8.88. The quantitative estimate of drug-likeness (QED) is 0.224. The zero-order valence-electron chi connectivity index (χ0n) is 19.8. The summed E-state index contributed by atoms with van der Waals surface area (Å²) in [7, 11) is 3.13. The summed E-state index contributed by atoms with van der Waals surface area (Å²) in [6.45, 7) is 2.48. The van der Waals surface area contributed by atoms with Gasteiger partial charge in [-0.15, -0.1) is 0 Å². The smallest absolute Gasteiger partial charge is 0.339 e. The molecule has 0 saturated heterocycles. The molecular formula is C26H26N4O4S. The van der Waals surface area contributed by atoms with Gasteiger partial charge in [0.25, 0.3) is 5.56 Å². The maximum Gasteiger partial charge on any atom is 0.339 e. The number of carbonyl (C=O) groups is 2. The topological polar surface area (TPSA) is 95.2 Å². The van der Waals surface area contributed by atoms with E-state index in [1.54, 1.807) is 28.8 Å². The number of thioether (sulfide) groups is 1. The van der Waals surface area contributed by atoms with Crippen molar-refractivity contribution in [2.24, 2.45) is 7.05 Å². The summed E-state index contributed by atoms with van der Waals surface area (Å²) >= 11 is 1.19. The third-order valence-corrected chi connectivity index (χ3v) is 6.49. The van der Waals surface area contributed by atoms with E-state index < -0.39 is 5.97 Å². The lowest BCUT2D eigenvalue weighted by Crippen LogP contribution is -2.25. The fourth-order valence-electron chi connectivity index (χ4n) is 3.91. The Morgan fingerprint density at radius 2 is 1.80 bits per heavy atom. The zero-order chi connectivity index (χ0) is 24.9. The van der Waals surface area contributed by atoms with E-state index in [2.05, 4.69) is 5.32 Å². The van der Waals surface area contributed by atoms with Gasteiger partial charge in [-0.2, -0.15) is 0 Å². The van der Waals surface area contributed by atoms with Crippen LogP contribution in [0.1, 0.15) is 23.7 Å². The van der Waals surface area contributed by atoms with Crippen LogP contribution in [0.25, 0.3) is 22.2 Å². The van der Waals surface area contributed by atoms with E-state index in [1.807, 2.05) is 55.1 Å². The third-order valence-electron chi connectivity index (χ3n) is 5.51. The monoisotopic (exact) mass is 490 g/mol. The van der Waals surface area contributed by atoms with Gasteiger partial charge < -0.3 is 14.6 Å². The predicted molar refractivity (Wildman–Crippen MR) is 138 cm³/mol. The van der Waals surface area contributed by atoms with E-state index in [4.69, 9.17) is 9.72 Å². The number of benzene rings is 2. The minimum absolute atomic E-state index is 0.0185. The number of aryl methyl sites for hydroxylation is 1. The molecule has 1 amide bonds. The van der Waals surface area contributed by atoms with Gasteiger partial charge >= 0.3 is 5.97 Å². The first-order valence-electron chi connectivity index (χ1n) is 11.2. The maximum absolute atomic E-state index is 13.4. The molecule has 0 aliphatic rings. The Balaban J connectivity index is 1.66. The predicted octanol–water partition coefficient (Wildman–Crippen LogP) is 4.33. The molecule has 1 N–H and O–H groups in total. The third kappa shape index (κ3) is 5.00. The highest BCUT2D eigenvalue weighted by molar-refractivity contribution is 7.99. The maximum atomic E-state index is 13.4. The number of nitrogens with zero attached hydrogens (tertiary/aromatic N) is 3. The molecule has 0 bridgehead atoms. The molecule has 0 atom stereocenters. The van der Waals surface area contributed by atoms with E-state index in [0.717, 1.165) is 17.5 Å². The Kier molecular flexibility index (Phi) is 7.36. The van der Waals surface area contributed by atoms with Crippen LogP contribution in [-0.4, -0.2) is 38.9 Å². The van der Waals surface area contributed by atoms with Crippen molar-refractivity contribution in [3.8, 4) is 11.1 Å². The first kappa shape index (κ1) is 24.3. The van der Waals surface area contributed by atoms with Crippen LogP contribution in [0.5, 0.6) is 0 Å². The fraction of sp³-hybridized carbons (Fsp3) is 0.231. The Bertz CT molecular complexity index is 1440. The molecule has 0 fully saturated rings. The molecule has 8 nitrogen and oxygen atoms in total. The van der Waals surface area contributed by atoms with Gasteiger partial charge in [0.15, 0.2) is 5.16 Å². The highest BCUT2D eigenvalue weighted by Crippen LogP contribution is 2.29. The largest absolute Gasteiger partial charge is 0.465 e. The molecule has 2 aromatic carbocycles. The molecule has 0 unspecified atom stereocenters. The van der Waals surface area contributed by atoms with E-state index in [0.29, 0.717) is 28.4 Å². The van der Waals surface area contributed by atoms with Crippen molar-refractivity contribution in [2.75, 3.05) is 18.2 Å². The summed E-state index contributed by atoms with van der Waals surface area (Å²) in [4.78, 5) is 43.0. The van der Waals surface area contributed by atoms with Crippen molar-refractivity contribution in [2.45, 2.75) is 25.0 Å². The zero-order valence-corrected chi connectivity index (χ0v) is 20.6. The van der Waals surface area contributed by atoms with Gasteiger partial charge in [-0.1, -0.05) is 61.2 Å². The molecule has 0 aliphatic carbocycles. The van der Waals surface area contributed by atoms with Gasteiger partial charge in [-0.25, -0.2) is 9.78 Å². The summed E-state index contributed by atoms with van der Waals surface area (Å²) in [5.41, 5.74) is 3.46. The molecule has 2 heterocycles. The van der Waals surface area contributed by atoms with Crippen LogP contribution in [0.2, 0.25) is 0 Å². The first-order chi connectivity index (χ1) is 16.9. The van der Waals surface area contributed by atoms with Crippen LogP contribution in [0.4, 0.5) is 5.69 Å². The second kappa shape index (κ2) is 10.6. The number of carbonyl (C=O) groups excluding carboxylic acids is 2. The standard InChI is InChI=1S/C26H26N4O4S/c1-4-14-30-24(32)23-22(19(15-29(23)2)17-10-6-5-7-11-17)28-26(30)35-16-21(31)27-20-13-9-8-12-18(20)25(33)34-3/h5-13,15H,4,14,16H2,1-3H3,(H,27,31). The van der Waals surface area contributed by atoms with Crippen LogP contribution in [0.3, 0.4) is 0 Å². The van der Waals surface area contributed by atoms with Gasteiger partial charge in [-0.3, -0.25) is 14.2 Å². The van der Waals surface area contributed by atoms with Crippen molar-refractivity contribution >= 4 is 40.4 Å². The lowest BCUT2D eigenvalue weighted by molar-refractivity contribution is -0.113. The molecule has 4 aromatic rings. The number of anilines is 1. The summed E-state index contributed by atoms with van der Waals surface area (Å²) in [6.07, 6.45) is 2.66. The fourth-order valence-corrected chi connectivity index (χ4v) is 4.72. The molecule has 180 valence electrons. The van der Waals surface area contributed by atoms with E-state index >= 15 is 0 Å². The molecule has 0 spiro atoms. The summed E-state index contributed by atoms with van der Waals surface area (Å²) in [5, 5.41) is 3.24. The number of ether oxygens (including phenoxy) is 1. The van der Waals surface area contributed by atoms with Crippen LogP contribution >= 0.6 is 11.8 Å². The number of aromatic nitrogens is 3. The van der Waals surface area contributed by atoms with Crippen LogP contribution < -0.4 is 10.9 Å². The Morgan fingerprint density at radius 3 is 2.51 bits per heavy atom. The minimum atomic E-state index is -0.532. The molecule has 0 aliphatic heterocycles. The van der Waals surface area contributed by atoms with Gasteiger partial charge in [0.1, 0.15) is 11.0 Å². The first-order valence-corrected chi connectivity index (χ1v) is 12.2. The van der Waals surface area contributed by atoms with Crippen molar-refractivity contribution in [3.63, 3.8) is 0 Å². The number of esters is 1. The molecule has 9 heteroatoms. The number of hydrogen-bond acceptors (Lipinski definition) is 6. The molecule has 0 radical (unpaired) electrons. The van der Waals surface area contributed by atoms with Crippen LogP contribution in [0, 0.1) is 0 Å². The Morgan fingerprint density at radius 1 is 1.09 bits per heavy atom. The van der Waals surface area contributed by atoms with E-state index in [9.17, 15) is 14.4 Å². The van der Waals surface area contributed by atoms with Crippen molar-refractivity contribution in [3.05, 3.63) is 76.7 Å². The summed E-state index contributed by atoms with van der Waals surface area (Å²) in [6, 6.07) is 16.4. The second-order valence-electron chi connectivity index (χ2n) is 7.94. The van der Waals surface area contributed by atoms with Gasteiger partial charge in [0.05, 0.1) is 24.1 Å². The highest BCUT2D eigenvalue weighted by atomic mass is 32.2. The summed E-state index contributed by atoms with van der Waals surface area (Å²) < 4.78 is 8.22. The normalized spacial score (nSPS) is 10.9. The van der Waals surface area contributed by atoms with Crippen molar-refractivity contribution in [1.82, 2.24) is 14.1 Å². The Labute approximate surface area is 206 Å². The van der Waals surface area contributed by atoms with Gasteiger partial charge in [0, 0.05) is 25.4 Å². The van der Waals surface area contributed by atoms with Gasteiger partial charge in [-0.05, 0) is 24.1 Å². The highest BCUT2D eigenvalue weighted by Gasteiger charge is 2.20. The average Bonchev–Trinajstić information content (AvgIpc) is 3.21. The number of hydrogen-bond donors (Lipinski definition) is 1. The van der Waals surface area contributed by atoms with E-state index in [-0.39, 0.29) is 22.8 Å². The van der Waals surface area contributed by atoms with Gasteiger partial charge in [0.2, 0.25) is 5.91 Å². The minimum Gasteiger partial charge on any atom is -0.465 e. The number of methoxy groups -OCH3 is 1. The molecule has 4 rings (SSSR count). The average molecular weight is 491 g/mol. The number of rotatable bonds is 8. The molecule has 0 saturated carbocycles. The summed E-state index contributed by atoms with van der Waals surface area (Å²) in [5.74, 6) is -0.833. The molecular weight excluding hydrogens is 464 g/mol. The number of amides is 1. The number of fused-ring (bicyclic) bond motifs is 1. The molecule has 2 aromatic heterocycles. The van der Waals surface area contributed by atoms with E-state index in [1.165, 1.54) is 18.9 Å². The SMILES string of the molecule is CCCn1c(SCC(=O)Nc2ccccc2C(=O)OC)nc2c(-c3ccccc3)cn(C)c2c1=O. The Hall–Kier alpha value is -3.85. The lowest BCUT2D eigenvalue weighted by Gasteiger charge is -2.13. The molecule has 35 heavy (non-hydrogen) atoms. The van der Waals surface area contributed by atoms with Crippen LogP contribution in [-0.2, 0) is 23.1 Å². The van der Waals surface area contributed by atoms with Crippen LogP contribution in [0.15, 0.2) is 70.7 Å². The lowest BCUT2D eigenvalue weighted by atomic mass is 10.1. The number of para-hydroxylation sites is 1. The van der Waals surface area contributed by atoms with Crippen molar-refractivity contribution < 1.29 is 14.3 Å².